The summed E-state index contributed by atoms with van der Waals surface area (Å²) in [6, 6.07) is 5.01. The molecule has 2 heterocycles. The van der Waals surface area contributed by atoms with E-state index >= 15 is 0 Å². The molecule has 5 nitrogen and oxygen atoms in total. The normalized spacial score (nSPS) is 16.2. The monoisotopic (exact) mass is 323 g/mol. The van der Waals surface area contributed by atoms with E-state index in [4.69, 9.17) is 4.84 Å². The first-order valence-electron chi connectivity index (χ1n) is 7.22. The van der Waals surface area contributed by atoms with Crippen LogP contribution in [-0.4, -0.2) is 43.2 Å². The smallest absolute Gasteiger partial charge is 0.249 e. The van der Waals surface area contributed by atoms with E-state index < -0.39 is 0 Å². The van der Waals surface area contributed by atoms with Gasteiger partial charge in [-0.15, -0.1) is 0 Å². The summed E-state index contributed by atoms with van der Waals surface area (Å²) in [4.78, 5) is 23.6. The van der Waals surface area contributed by atoms with Crippen molar-refractivity contribution in [2.75, 3.05) is 32.1 Å². The lowest BCUT2D eigenvalue weighted by molar-refractivity contribution is -0.174. The van der Waals surface area contributed by atoms with Gasteiger partial charge in [0.25, 0.3) is 0 Å². The molecule has 0 N–H and O–H groups in total. The molecule has 1 amide bonds. The van der Waals surface area contributed by atoms with Gasteiger partial charge in [-0.1, -0.05) is 17.4 Å². The largest absolute Gasteiger partial charge is 0.348 e. The van der Waals surface area contributed by atoms with Gasteiger partial charge in [0.05, 0.1) is 11.8 Å². The molecule has 1 aromatic heterocycles. The van der Waals surface area contributed by atoms with Crippen molar-refractivity contribution in [2.24, 2.45) is 5.92 Å². The Morgan fingerprint density at radius 2 is 2.18 bits per heavy atom. The van der Waals surface area contributed by atoms with E-state index in [1.54, 1.807) is 13.1 Å². The molecule has 0 radical (unpaired) electrons. The molecular weight excluding hydrogens is 305 g/mol. The highest BCUT2D eigenvalue weighted by molar-refractivity contribution is 7.22. The van der Waals surface area contributed by atoms with Crippen molar-refractivity contribution < 1.29 is 14.0 Å². The number of hydrogen-bond donors (Lipinski definition) is 0. The summed E-state index contributed by atoms with van der Waals surface area (Å²) in [6.45, 7) is 1.49. The molecule has 1 aromatic carbocycles. The Labute approximate surface area is 132 Å². The van der Waals surface area contributed by atoms with E-state index in [-0.39, 0.29) is 17.6 Å². The number of hydroxylamine groups is 2. The second-order valence-electron chi connectivity index (χ2n) is 5.36. The molecule has 1 aliphatic heterocycles. The van der Waals surface area contributed by atoms with Gasteiger partial charge in [-0.3, -0.25) is 9.63 Å². The summed E-state index contributed by atoms with van der Waals surface area (Å²) in [7, 11) is 3.12. The third-order valence-corrected chi connectivity index (χ3v) is 5.14. The van der Waals surface area contributed by atoms with Gasteiger partial charge < -0.3 is 4.90 Å². The van der Waals surface area contributed by atoms with Gasteiger partial charge in [0.2, 0.25) is 5.91 Å². The second-order valence-corrected chi connectivity index (χ2v) is 6.37. The van der Waals surface area contributed by atoms with Crippen LogP contribution in [0.4, 0.5) is 9.52 Å². The Kier molecular flexibility index (Phi) is 4.26. The number of hydrogen-bond acceptors (Lipinski definition) is 5. The minimum Gasteiger partial charge on any atom is -0.348 e. The predicted molar refractivity (Wildman–Crippen MR) is 84.3 cm³/mol. The molecule has 0 atom stereocenters. The first-order valence-corrected chi connectivity index (χ1v) is 8.03. The van der Waals surface area contributed by atoms with Crippen LogP contribution in [-0.2, 0) is 9.63 Å². The number of carbonyl (C=O) groups is 1. The summed E-state index contributed by atoms with van der Waals surface area (Å²) < 4.78 is 14.6. The van der Waals surface area contributed by atoms with Crippen molar-refractivity contribution in [1.29, 1.82) is 0 Å². The molecule has 0 spiro atoms. The van der Waals surface area contributed by atoms with Crippen molar-refractivity contribution in [3.05, 3.63) is 24.0 Å². The maximum atomic E-state index is 13.7. The predicted octanol–water partition coefficient (Wildman–Crippen LogP) is 2.67. The Morgan fingerprint density at radius 1 is 1.45 bits per heavy atom. The van der Waals surface area contributed by atoms with Gasteiger partial charge in [0.15, 0.2) is 5.13 Å². The van der Waals surface area contributed by atoms with Crippen molar-refractivity contribution in [3.63, 3.8) is 0 Å². The summed E-state index contributed by atoms with van der Waals surface area (Å²) in [5, 5.41) is 2.11. The van der Waals surface area contributed by atoms with E-state index in [9.17, 15) is 9.18 Å². The van der Waals surface area contributed by atoms with E-state index in [2.05, 4.69) is 9.88 Å². The molecule has 1 saturated heterocycles. The summed E-state index contributed by atoms with van der Waals surface area (Å²) in [5.74, 6) is -0.295. The highest BCUT2D eigenvalue weighted by atomic mass is 32.1. The Balaban J connectivity index is 1.70. The Morgan fingerprint density at radius 3 is 2.82 bits per heavy atom. The molecule has 0 saturated carbocycles. The highest BCUT2D eigenvalue weighted by Gasteiger charge is 2.28. The van der Waals surface area contributed by atoms with Crippen LogP contribution in [0.3, 0.4) is 0 Å². The number of para-hydroxylation sites is 1. The average Bonchev–Trinajstić information content (AvgIpc) is 2.99. The van der Waals surface area contributed by atoms with Crippen LogP contribution >= 0.6 is 11.3 Å². The lowest BCUT2D eigenvalue weighted by Gasteiger charge is -2.32. The number of amides is 1. The summed E-state index contributed by atoms with van der Waals surface area (Å²) in [6.07, 6.45) is 1.51. The zero-order chi connectivity index (χ0) is 15.7. The first kappa shape index (κ1) is 15.2. The molecule has 7 heteroatoms. The van der Waals surface area contributed by atoms with Gasteiger partial charge in [-0.25, -0.2) is 14.4 Å². The van der Waals surface area contributed by atoms with E-state index in [1.165, 1.54) is 29.6 Å². The van der Waals surface area contributed by atoms with E-state index in [0.29, 0.717) is 5.52 Å². The van der Waals surface area contributed by atoms with Crippen LogP contribution in [0.15, 0.2) is 18.2 Å². The average molecular weight is 323 g/mol. The standard InChI is InChI=1S/C15H18FN3O2S/c1-18(21-2)14(20)10-6-8-19(9-7-10)15-17-13-11(16)4-3-5-12(13)22-15/h3-5,10H,6-9H2,1-2H3. The number of piperidine rings is 1. The third-order valence-electron chi connectivity index (χ3n) is 4.06. The minimum atomic E-state index is -0.285. The van der Waals surface area contributed by atoms with Gasteiger partial charge in [-0.05, 0) is 25.0 Å². The van der Waals surface area contributed by atoms with E-state index in [0.717, 1.165) is 35.8 Å². The molecule has 2 aromatic rings. The quantitative estimate of drug-likeness (QED) is 0.815. The van der Waals surface area contributed by atoms with E-state index in [1.807, 2.05) is 6.07 Å². The molecule has 22 heavy (non-hydrogen) atoms. The molecule has 1 aliphatic rings. The molecule has 118 valence electrons. The number of benzene rings is 1. The Hall–Kier alpha value is -1.73. The molecular formula is C15H18FN3O2S. The van der Waals surface area contributed by atoms with Crippen molar-refractivity contribution in [3.8, 4) is 0 Å². The fourth-order valence-electron chi connectivity index (χ4n) is 2.70. The number of anilines is 1. The summed E-state index contributed by atoms with van der Waals surface area (Å²) >= 11 is 1.49. The number of carbonyl (C=O) groups excluding carboxylic acids is 1. The van der Waals surface area contributed by atoms with Crippen LogP contribution in [0.25, 0.3) is 10.2 Å². The fourth-order valence-corrected chi connectivity index (χ4v) is 3.74. The highest BCUT2D eigenvalue weighted by Crippen LogP contribution is 2.32. The molecule has 0 bridgehead atoms. The molecule has 0 unspecified atom stereocenters. The molecule has 1 fully saturated rings. The second kappa shape index (κ2) is 6.18. The maximum absolute atomic E-state index is 13.7. The third kappa shape index (κ3) is 2.78. The van der Waals surface area contributed by atoms with Gasteiger partial charge in [0.1, 0.15) is 11.3 Å². The SMILES string of the molecule is CON(C)C(=O)C1CCN(c2nc3c(F)cccc3s2)CC1. The lowest BCUT2D eigenvalue weighted by Crippen LogP contribution is -2.40. The van der Waals surface area contributed by atoms with Gasteiger partial charge in [-0.2, -0.15) is 0 Å². The number of rotatable bonds is 3. The van der Waals surface area contributed by atoms with Crippen LogP contribution < -0.4 is 4.90 Å². The first-order chi connectivity index (χ1) is 10.6. The topological polar surface area (TPSA) is 45.7 Å². The van der Waals surface area contributed by atoms with Crippen molar-refractivity contribution in [1.82, 2.24) is 10.0 Å². The summed E-state index contributed by atoms with van der Waals surface area (Å²) in [5.41, 5.74) is 0.430. The molecule has 3 rings (SSSR count). The molecule has 0 aliphatic carbocycles. The van der Waals surface area contributed by atoms with Crippen LogP contribution in [0, 0.1) is 11.7 Å². The fraction of sp³-hybridized carbons (Fsp3) is 0.467. The number of nitrogens with zero attached hydrogens (tertiary/aromatic N) is 3. The van der Waals surface area contributed by atoms with Gasteiger partial charge in [0, 0.05) is 26.1 Å². The van der Waals surface area contributed by atoms with Crippen molar-refractivity contribution >= 4 is 32.6 Å². The number of halogens is 1. The number of fused-ring (bicyclic) bond motifs is 1. The minimum absolute atomic E-state index is 0.0116. The Bertz CT molecular complexity index is 682. The number of thiazole rings is 1. The van der Waals surface area contributed by atoms with Crippen LogP contribution in [0.2, 0.25) is 0 Å². The maximum Gasteiger partial charge on any atom is 0.249 e. The zero-order valence-electron chi connectivity index (χ0n) is 12.6. The van der Waals surface area contributed by atoms with Crippen LogP contribution in [0.1, 0.15) is 12.8 Å². The van der Waals surface area contributed by atoms with Crippen LogP contribution in [0.5, 0.6) is 0 Å². The lowest BCUT2D eigenvalue weighted by atomic mass is 9.96. The van der Waals surface area contributed by atoms with Gasteiger partial charge >= 0.3 is 0 Å². The van der Waals surface area contributed by atoms with Crippen molar-refractivity contribution in [2.45, 2.75) is 12.8 Å². The zero-order valence-corrected chi connectivity index (χ0v) is 13.4. The number of aromatic nitrogens is 1.